The Morgan fingerprint density at radius 3 is 1.94 bits per heavy atom. The second-order valence-electron chi connectivity index (χ2n) is 5.75. The molecule has 1 heterocycles. The Bertz CT molecular complexity index is 289. The van der Waals surface area contributed by atoms with Crippen molar-refractivity contribution in [1.29, 1.82) is 0 Å². The van der Waals surface area contributed by atoms with Gasteiger partial charge in [0, 0.05) is 38.1 Å². The fourth-order valence-electron chi connectivity index (χ4n) is 1.93. The van der Waals surface area contributed by atoms with Crippen LogP contribution in [0.5, 0.6) is 0 Å². The fraction of sp³-hybridized carbons (Fsp3) is 0.917. The van der Waals surface area contributed by atoms with Gasteiger partial charge in [0.15, 0.2) is 0 Å². The number of piperazine rings is 1. The third-order valence-corrected chi connectivity index (χ3v) is 3.01. The van der Waals surface area contributed by atoms with E-state index in [1.165, 1.54) is 0 Å². The van der Waals surface area contributed by atoms with Crippen LogP contribution < -0.4 is 0 Å². The quantitative estimate of drug-likeness (QED) is 0.764. The molecule has 0 N–H and O–H groups in total. The van der Waals surface area contributed by atoms with Gasteiger partial charge in [0.25, 0.3) is 0 Å². The molecule has 0 unspecified atom stereocenters. The standard InChI is InChI=1S/C12H21F3N2O/c1-11(2,3)10(18)17-8-6-16(7-9-17)5-4-12(13,14)15/h4-9H2,1-3H3. The number of carbonyl (C=O) groups excluding carboxylic acids is 1. The predicted molar refractivity (Wildman–Crippen MR) is 63.1 cm³/mol. The summed E-state index contributed by atoms with van der Waals surface area (Å²) in [4.78, 5) is 15.5. The zero-order chi connectivity index (χ0) is 14.0. The minimum atomic E-state index is -4.10. The topological polar surface area (TPSA) is 23.6 Å². The molecule has 6 heteroatoms. The smallest absolute Gasteiger partial charge is 0.340 e. The van der Waals surface area contributed by atoms with E-state index in [-0.39, 0.29) is 12.5 Å². The summed E-state index contributed by atoms with van der Waals surface area (Å²) >= 11 is 0. The lowest BCUT2D eigenvalue weighted by atomic mass is 9.94. The first kappa shape index (κ1) is 15.3. The summed E-state index contributed by atoms with van der Waals surface area (Å²) in [6, 6.07) is 0. The monoisotopic (exact) mass is 266 g/mol. The van der Waals surface area contributed by atoms with E-state index < -0.39 is 18.0 Å². The molecule has 1 saturated heterocycles. The van der Waals surface area contributed by atoms with Crippen LogP contribution in [-0.4, -0.2) is 54.6 Å². The van der Waals surface area contributed by atoms with E-state index in [1.54, 1.807) is 9.80 Å². The third-order valence-electron chi connectivity index (χ3n) is 3.01. The van der Waals surface area contributed by atoms with Crippen LogP contribution in [0.2, 0.25) is 0 Å². The summed E-state index contributed by atoms with van der Waals surface area (Å²) in [5.74, 6) is 0.0676. The molecule has 0 aliphatic carbocycles. The molecule has 0 aromatic heterocycles. The molecular weight excluding hydrogens is 245 g/mol. The molecule has 1 aliphatic rings. The molecule has 1 amide bonds. The number of hydrogen-bond donors (Lipinski definition) is 0. The van der Waals surface area contributed by atoms with Gasteiger partial charge in [-0.15, -0.1) is 0 Å². The maximum atomic E-state index is 12.1. The Morgan fingerprint density at radius 2 is 1.56 bits per heavy atom. The van der Waals surface area contributed by atoms with Crippen LogP contribution >= 0.6 is 0 Å². The average Bonchev–Trinajstić information content (AvgIpc) is 2.24. The van der Waals surface area contributed by atoms with Crippen molar-refractivity contribution in [3.63, 3.8) is 0 Å². The molecule has 106 valence electrons. The fourth-order valence-corrected chi connectivity index (χ4v) is 1.93. The lowest BCUT2D eigenvalue weighted by Crippen LogP contribution is -2.52. The van der Waals surface area contributed by atoms with Gasteiger partial charge < -0.3 is 4.90 Å². The van der Waals surface area contributed by atoms with Crippen molar-refractivity contribution in [3.05, 3.63) is 0 Å². The first-order chi connectivity index (χ1) is 8.09. The van der Waals surface area contributed by atoms with E-state index in [9.17, 15) is 18.0 Å². The molecule has 0 aromatic rings. The van der Waals surface area contributed by atoms with Crippen molar-refractivity contribution in [1.82, 2.24) is 9.80 Å². The Hall–Kier alpha value is -0.780. The van der Waals surface area contributed by atoms with Gasteiger partial charge >= 0.3 is 6.18 Å². The minimum absolute atomic E-state index is 0.0288. The first-order valence-corrected chi connectivity index (χ1v) is 6.18. The lowest BCUT2D eigenvalue weighted by Gasteiger charge is -2.37. The van der Waals surface area contributed by atoms with Crippen molar-refractivity contribution in [3.8, 4) is 0 Å². The van der Waals surface area contributed by atoms with Gasteiger partial charge in [0.1, 0.15) is 0 Å². The number of rotatable bonds is 2. The second-order valence-corrected chi connectivity index (χ2v) is 5.75. The van der Waals surface area contributed by atoms with Gasteiger partial charge in [0.2, 0.25) is 5.91 Å². The zero-order valence-corrected chi connectivity index (χ0v) is 11.2. The summed E-state index contributed by atoms with van der Waals surface area (Å²) in [5.41, 5.74) is -0.422. The van der Waals surface area contributed by atoms with Crippen LogP contribution in [0.15, 0.2) is 0 Å². The van der Waals surface area contributed by atoms with Crippen molar-refractivity contribution >= 4 is 5.91 Å². The molecule has 18 heavy (non-hydrogen) atoms. The van der Waals surface area contributed by atoms with Crippen LogP contribution in [-0.2, 0) is 4.79 Å². The molecule has 0 saturated carbocycles. The van der Waals surface area contributed by atoms with Crippen LogP contribution in [0, 0.1) is 5.41 Å². The zero-order valence-electron chi connectivity index (χ0n) is 11.2. The van der Waals surface area contributed by atoms with Crippen LogP contribution in [0.25, 0.3) is 0 Å². The number of alkyl halides is 3. The lowest BCUT2D eigenvalue weighted by molar-refractivity contribution is -0.145. The summed E-state index contributed by atoms with van der Waals surface area (Å²) in [5, 5.41) is 0. The second kappa shape index (κ2) is 5.47. The maximum absolute atomic E-state index is 12.1. The van der Waals surface area contributed by atoms with Gasteiger partial charge in [-0.2, -0.15) is 13.2 Å². The molecule has 0 spiro atoms. The van der Waals surface area contributed by atoms with Crippen LogP contribution in [0.3, 0.4) is 0 Å². The predicted octanol–water partition coefficient (Wildman–Crippen LogP) is 2.13. The molecular formula is C12H21F3N2O. The molecule has 1 fully saturated rings. The van der Waals surface area contributed by atoms with Gasteiger partial charge in [-0.1, -0.05) is 20.8 Å². The number of carbonyl (C=O) groups is 1. The molecule has 1 rings (SSSR count). The Balaban J connectivity index is 2.35. The summed E-state index contributed by atoms with van der Waals surface area (Å²) in [6.45, 7) is 7.68. The summed E-state index contributed by atoms with van der Waals surface area (Å²) in [6.07, 6.45) is -4.88. The number of halogens is 3. The summed E-state index contributed by atoms with van der Waals surface area (Å²) in [7, 11) is 0. The van der Waals surface area contributed by atoms with E-state index in [0.29, 0.717) is 26.2 Å². The molecule has 0 radical (unpaired) electrons. The SMILES string of the molecule is CC(C)(C)C(=O)N1CCN(CCC(F)(F)F)CC1. The Kier molecular flexibility index (Phi) is 4.64. The van der Waals surface area contributed by atoms with Crippen molar-refractivity contribution in [2.45, 2.75) is 33.4 Å². The highest BCUT2D eigenvalue weighted by Gasteiger charge is 2.31. The third kappa shape index (κ3) is 4.84. The maximum Gasteiger partial charge on any atom is 0.390 e. The van der Waals surface area contributed by atoms with Gasteiger partial charge in [-0.3, -0.25) is 9.69 Å². The largest absolute Gasteiger partial charge is 0.390 e. The highest BCUT2D eigenvalue weighted by atomic mass is 19.4. The van der Waals surface area contributed by atoms with Crippen molar-refractivity contribution in [2.24, 2.45) is 5.41 Å². The molecule has 0 bridgehead atoms. The average molecular weight is 266 g/mol. The summed E-state index contributed by atoms with van der Waals surface area (Å²) < 4.78 is 36.2. The number of hydrogen-bond acceptors (Lipinski definition) is 2. The first-order valence-electron chi connectivity index (χ1n) is 6.18. The van der Waals surface area contributed by atoms with Gasteiger partial charge in [0.05, 0.1) is 6.42 Å². The van der Waals surface area contributed by atoms with E-state index >= 15 is 0 Å². The van der Waals surface area contributed by atoms with E-state index in [4.69, 9.17) is 0 Å². The highest BCUT2D eigenvalue weighted by molar-refractivity contribution is 5.81. The van der Waals surface area contributed by atoms with E-state index in [2.05, 4.69) is 0 Å². The van der Waals surface area contributed by atoms with E-state index in [1.807, 2.05) is 20.8 Å². The minimum Gasteiger partial charge on any atom is -0.340 e. The van der Waals surface area contributed by atoms with E-state index in [0.717, 1.165) is 0 Å². The molecule has 0 aromatic carbocycles. The Morgan fingerprint density at radius 1 is 1.06 bits per heavy atom. The normalized spacial score (nSPS) is 19.1. The van der Waals surface area contributed by atoms with Gasteiger partial charge in [-0.05, 0) is 0 Å². The molecule has 3 nitrogen and oxygen atoms in total. The van der Waals surface area contributed by atoms with Crippen molar-refractivity contribution < 1.29 is 18.0 Å². The van der Waals surface area contributed by atoms with Crippen LogP contribution in [0.4, 0.5) is 13.2 Å². The number of nitrogens with zero attached hydrogens (tertiary/aromatic N) is 2. The highest BCUT2D eigenvalue weighted by Crippen LogP contribution is 2.21. The molecule has 0 atom stereocenters. The van der Waals surface area contributed by atoms with Crippen molar-refractivity contribution in [2.75, 3.05) is 32.7 Å². The van der Waals surface area contributed by atoms with Gasteiger partial charge in [-0.25, -0.2) is 0 Å². The number of amides is 1. The molecule has 1 aliphatic heterocycles. The Labute approximate surface area is 106 Å². The van der Waals surface area contributed by atoms with Crippen LogP contribution in [0.1, 0.15) is 27.2 Å².